The standard InChI is InChI=1S/C11H7ClOS.C7H7BO3/c12-11-6-5-10(14-11)9-3-1-8(7-13)2-4-9;9-5-6-1-3-7(4-2-6)8(10)11/h1-7H;1-5,10-11H. The molecule has 1 aromatic heterocycles. The number of halogens is 1. The molecule has 0 aliphatic carbocycles. The second-order valence-corrected chi connectivity index (χ2v) is 6.72. The molecule has 0 aliphatic heterocycles. The number of carbonyl (C=O) groups is 2. The molecule has 3 rings (SSSR count). The lowest BCUT2D eigenvalue weighted by Crippen LogP contribution is -2.29. The van der Waals surface area contributed by atoms with E-state index in [9.17, 15) is 9.59 Å². The Morgan fingerprint density at radius 1 is 0.800 bits per heavy atom. The van der Waals surface area contributed by atoms with E-state index in [1.807, 2.05) is 24.3 Å². The van der Waals surface area contributed by atoms with Crippen molar-refractivity contribution < 1.29 is 19.6 Å². The summed E-state index contributed by atoms with van der Waals surface area (Å²) in [6.45, 7) is 0. The average molecular weight is 373 g/mol. The number of hydrogen-bond donors (Lipinski definition) is 2. The Hall–Kier alpha value is -2.25. The van der Waals surface area contributed by atoms with E-state index in [0.29, 0.717) is 22.9 Å². The van der Waals surface area contributed by atoms with Crippen LogP contribution in [0.2, 0.25) is 4.34 Å². The van der Waals surface area contributed by atoms with Crippen molar-refractivity contribution in [3.8, 4) is 10.4 Å². The van der Waals surface area contributed by atoms with Gasteiger partial charge in [-0.2, -0.15) is 0 Å². The highest BCUT2D eigenvalue weighted by Crippen LogP contribution is 2.30. The Labute approximate surface area is 154 Å². The number of carbonyl (C=O) groups excluding carboxylic acids is 2. The van der Waals surface area contributed by atoms with Gasteiger partial charge in [0.05, 0.1) is 4.34 Å². The van der Waals surface area contributed by atoms with Crippen LogP contribution < -0.4 is 5.46 Å². The lowest BCUT2D eigenvalue weighted by Gasteiger charge is -1.97. The number of aldehydes is 2. The molecule has 3 aromatic rings. The topological polar surface area (TPSA) is 74.6 Å². The first-order valence-corrected chi connectivity index (χ1v) is 8.45. The van der Waals surface area contributed by atoms with Crippen LogP contribution in [0.3, 0.4) is 0 Å². The summed E-state index contributed by atoms with van der Waals surface area (Å²) in [5.41, 5.74) is 2.69. The van der Waals surface area contributed by atoms with Crippen molar-refractivity contribution in [1.29, 1.82) is 0 Å². The third-order valence-electron chi connectivity index (χ3n) is 3.28. The molecule has 0 aliphatic rings. The van der Waals surface area contributed by atoms with Gasteiger partial charge in [0.1, 0.15) is 12.6 Å². The van der Waals surface area contributed by atoms with Crippen molar-refractivity contribution in [1.82, 2.24) is 0 Å². The third-order valence-corrected chi connectivity index (χ3v) is 4.56. The monoisotopic (exact) mass is 372 g/mol. The molecular weight excluding hydrogens is 359 g/mol. The summed E-state index contributed by atoms with van der Waals surface area (Å²) in [5.74, 6) is 0. The van der Waals surface area contributed by atoms with E-state index in [1.165, 1.54) is 35.6 Å². The molecule has 1 heterocycles. The summed E-state index contributed by atoms with van der Waals surface area (Å²) < 4.78 is 0.777. The molecule has 0 bridgehead atoms. The van der Waals surface area contributed by atoms with E-state index in [1.54, 1.807) is 12.1 Å². The first kappa shape index (κ1) is 19.1. The van der Waals surface area contributed by atoms with Gasteiger partial charge in [0.15, 0.2) is 0 Å². The second-order valence-electron chi connectivity index (χ2n) is 5.00. The minimum absolute atomic E-state index is 0.385. The van der Waals surface area contributed by atoms with Gasteiger partial charge in [-0.25, -0.2) is 0 Å². The average Bonchev–Trinajstić information content (AvgIpc) is 3.09. The van der Waals surface area contributed by atoms with Crippen molar-refractivity contribution in [3.63, 3.8) is 0 Å². The second kappa shape index (κ2) is 9.29. The predicted molar refractivity (Wildman–Crippen MR) is 102 cm³/mol. The van der Waals surface area contributed by atoms with Gasteiger partial charge in [0, 0.05) is 16.0 Å². The number of thiophene rings is 1. The maximum absolute atomic E-state index is 10.4. The SMILES string of the molecule is O=Cc1ccc(-c2ccc(Cl)s2)cc1.O=Cc1ccc(B(O)O)cc1. The largest absolute Gasteiger partial charge is 0.488 e. The van der Waals surface area contributed by atoms with Crippen LogP contribution in [0.4, 0.5) is 0 Å². The first-order valence-electron chi connectivity index (χ1n) is 7.25. The molecule has 2 aromatic carbocycles. The fourth-order valence-electron chi connectivity index (χ4n) is 1.94. The van der Waals surface area contributed by atoms with Gasteiger partial charge in [-0.1, -0.05) is 60.1 Å². The van der Waals surface area contributed by atoms with E-state index in [2.05, 4.69) is 0 Å². The number of benzene rings is 2. The van der Waals surface area contributed by atoms with Crippen molar-refractivity contribution in [2.24, 2.45) is 0 Å². The normalized spacial score (nSPS) is 9.72. The van der Waals surface area contributed by atoms with Gasteiger partial charge in [-0.15, -0.1) is 11.3 Å². The van der Waals surface area contributed by atoms with E-state index >= 15 is 0 Å². The summed E-state index contributed by atoms with van der Waals surface area (Å²) >= 11 is 7.36. The maximum atomic E-state index is 10.4. The Balaban J connectivity index is 0.000000186. The Morgan fingerprint density at radius 3 is 1.72 bits per heavy atom. The summed E-state index contributed by atoms with van der Waals surface area (Å²) in [5, 5.41) is 17.3. The van der Waals surface area contributed by atoms with Gasteiger partial charge < -0.3 is 10.0 Å². The lowest BCUT2D eigenvalue weighted by molar-refractivity contribution is 0.111. The Kier molecular flexibility index (Phi) is 7.09. The maximum Gasteiger partial charge on any atom is 0.488 e. The van der Waals surface area contributed by atoms with Crippen LogP contribution in [-0.2, 0) is 0 Å². The summed E-state index contributed by atoms with van der Waals surface area (Å²) in [6.07, 6.45) is 1.54. The van der Waals surface area contributed by atoms with Crippen LogP contribution in [0.15, 0.2) is 60.7 Å². The molecule has 4 nitrogen and oxygen atoms in total. The molecule has 0 amide bonds. The minimum atomic E-state index is -1.46. The summed E-state index contributed by atoms with van der Waals surface area (Å²) in [4.78, 5) is 21.7. The van der Waals surface area contributed by atoms with Crippen LogP contribution in [0, 0.1) is 0 Å². The zero-order valence-corrected chi connectivity index (χ0v) is 14.6. The number of rotatable bonds is 4. The van der Waals surface area contributed by atoms with Gasteiger partial charge in [-0.3, -0.25) is 9.59 Å². The summed E-state index contributed by atoms with van der Waals surface area (Å²) in [6, 6.07) is 17.3. The van der Waals surface area contributed by atoms with Gasteiger partial charge in [-0.05, 0) is 23.2 Å². The first-order chi connectivity index (χ1) is 12.0. The van der Waals surface area contributed by atoms with E-state index < -0.39 is 7.12 Å². The zero-order chi connectivity index (χ0) is 18.2. The van der Waals surface area contributed by atoms with Crippen LogP contribution in [-0.4, -0.2) is 29.7 Å². The Morgan fingerprint density at radius 2 is 1.32 bits per heavy atom. The molecule has 7 heteroatoms. The predicted octanol–water partition coefficient (Wildman–Crippen LogP) is 3.06. The smallest absolute Gasteiger partial charge is 0.423 e. The number of hydrogen-bond acceptors (Lipinski definition) is 5. The van der Waals surface area contributed by atoms with Crippen molar-refractivity contribution in [2.75, 3.05) is 0 Å². The Bertz CT molecular complexity index is 829. The van der Waals surface area contributed by atoms with Crippen molar-refractivity contribution in [2.45, 2.75) is 0 Å². The molecule has 25 heavy (non-hydrogen) atoms. The lowest BCUT2D eigenvalue weighted by atomic mass is 9.80. The van der Waals surface area contributed by atoms with Crippen molar-refractivity contribution in [3.05, 3.63) is 76.1 Å². The molecule has 0 spiro atoms. The molecule has 0 saturated carbocycles. The van der Waals surface area contributed by atoms with Crippen LogP contribution in [0.1, 0.15) is 20.7 Å². The zero-order valence-electron chi connectivity index (χ0n) is 13.0. The van der Waals surface area contributed by atoms with Gasteiger partial charge >= 0.3 is 7.12 Å². The minimum Gasteiger partial charge on any atom is -0.423 e. The molecule has 0 radical (unpaired) electrons. The van der Waals surface area contributed by atoms with Crippen LogP contribution in [0.25, 0.3) is 10.4 Å². The molecule has 0 fully saturated rings. The van der Waals surface area contributed by atoms with Crippen molar-refractivity contribution >= 4 is 48.1 Å². The van der Waals surface area contributed by atoms with E-state index in [-0.39, 0.29) is 0 Å². The highest BCUT2D eigenvalue weighted by Gasteiger charge is 2.08. The van der Waals surface area contributed by atoms with Crippen LogP contribution >= 0.6 is 22.9 Å². The van der Waals surface area contributed by atoms with Gasteiger partial charge in [0.25, 0.3) is 0 Å². The molecule has 2 N–H and O–H groups in total. The summed E-state index contributed by atoms with van der Waals surface area (Å²) in [7, 11) is -1.46. The fraction of sp³-hybridized carbons (Fsp3) is 0. The fourth-order valence-corrected chi connectivity index (χ4v) is 2.99. The molecular formula is C18H14BClO4S. The highest BCUT2D eigenvalue weighted by atomic mass is 35.5. The van der Waals surface area contributed by atoms with Crippen LogP contribution in [0.5, 0.6) is 0 Å². The van der Waals surface area contributed by atoms with E-state index in [0.717, 1.165) is 21.1 Å². The quantitative estimate of drug-likeness (QED) is 0.545. The highest BCUT2D eigenvalue weighted by molar-refractivity contribution is 7.19. The molecule has 0 atom stereocenters. The molecule has 0 saturated heterocycles. The van der Waals surface area contributed by atoms with E-state index in [4.69, 9.17) is 21.6 Å². The molecule has 0 unspecified atom stereocenters. The van der Waals surface area contributed by atoms with Gasteiger partial charge in [0.2, 0.25) is 0 Å². The third kappa shape index (κ3) is 5.65. The molecule has 126 valence electrons.